The maximum Gasteiger partial charge on any atom is 0.131 e. The van der Waals surface area contributed by atoms with E-state index < -0.39 is 0 Å². The highest BCUT2D eigenvalue weighted by Crippen LogP contribution is 2.27. The number of hydrogen-bond acceptors (Lipinski definition) is 2. The fourth-order valence-electron chi connectivity index (χ4n) is 1.79. The first kappa shape index (κ1) is 12.9. The van der Waals surface area contributed by atoms with Gasteiger partial charge in [0.25, 0.3) is 0 Å². The van der Waals surface area contributed by atoms with E-state index in [4.69, 9.17) is 16.3 Å². The SMILES string of the molecule is CNCc1cc(C)ccc1Oc1cccc(Cl)c1. The summed E-state index contributed by atoms with van der Waals surface area (Å²) in [7, 11) is 1.92. The third kappa shape index (κ3) is 3.25. The molecule has 0 amide bonds. The van der Waals surface area contributed by atoms with Crippen LogP contribution < -0.4 is 10.1 Å². The zero-order valence-corrected chi connectivity index (χ0v) is 11.3. The van der Waals surface area contributed by atoms with Gasteiger partial charge in [-0.25, -0.2) is 0 Å². The van der Waals surface area contributed by atoms with E-state index in [0.29, 0.717) is 5.02 Å². The van der Waals surface area contributed by atoms with Crippen LogP contribution in [0.4, 0.5) is 0 Å². The molecule has 94 valence electrons. The van der Waals surface area contributed by atoms with E-state index in [1.165, 1.54) is 5.56 Å². The number of aryl methyl sites for hydroxylation is 1. The average molecular weight is 262 g/mol. The summed E-state index contributed by atoms with van der Waals surface area (Å²) in [6.07, 6.45) is 0. The third-order valence-corrected chi connectivity index (χ3v) is 2.84. The van der Waals surface area contributed by atoms with Gasteiger partial charge in [-0.15, -0.1) is 0 Å². The molecule has 0 aromatic heterocycles. The molecule has 0 aliphatic carbocycles. The summed E-state index contributed by atoms with van der Waals surface area (Å²) in [5.74, 6) is 1.61. The minimum Gasteiger partial charge on any atom is -0.457 e. The van der Waals surface area contributed by atoms with Crippen molar-refractivity contribution in [3.05, 3.63) is 58.6 Å². The van der Waals surface area contributed by atoms with Crippen molar-refractivity contribution in [2.24, 2.45) is 0 Å². The number of ether oxygens (including phenoxy) is 1. The van der Waals surface area contributed by atoms with Gasteiger partial charge in [-0.2, -0.15) is 0 Å². The molecule has 0 spiro atoms. The van der Waals surface area contributed by atoms with Crippen molar-refractivity contribution in [3.63, 3.8) is 0 Å². The summed E-state index contributed by atoms with van der Waals surface area (Å²) >= 11 is 5.94. The van der Waals surface area contributed by atoms with Gasteiger partial charge in [0.2, 0.25) is 0 Å². The van der Waals surface area contributed by atoms with E-state index in [1.54, 1.807) is 0 Å². The van der Waals surface area contributed by atoms with Gasteiger partial charge in [-0.3, -0.25) is 0 Å². The minimum absolute atomic E-state index is 0.676. The molecule has 0 bridgehead atoms. The predicted octanol–water partition coefficient (Wildman–Crippen LogP) is 4.16. The van der Waals surface area contributed by atoms with Crippen molar-refractivity contribution < 1.29 is 4.74 Å². The first-order valence-electron chi connectivity index (χ1n) is 5.86. The highest BCUT2D eigenvalue weighted by molar-refractivity contribution is 6.30. The van der Waals surface area contributed by atoms with E-state index in [1.807, 2.05) is 43.4 Å². The Balaban J connectivity index is 2.28. The quantitative estimate of drug-likeness (QED) is 0.892. The lowest BCUT2D eigenvalue weighted by Crippen LogP contribution is -2.06. The van der Waals surface area contributed by atoms with E-state index in [2.05, 4.69) is 18.3 Å². The van der Waals surface area contributed by atoms with E-state index in [9.17, 15) is 0 Å². The Bertz CT molecular complexity index is 540. The molecule has 0 heterocycles. The molecule has 0 fully saturated rings. The maximum absolute atomic E-state index is 5.94. The minimum atomic E-state index is 0.676. The Kier molecular flexibility index (Phi) is 4.24. The van der Waals surface area contributed by atoms with Crippen molar-refractivity contribution in [2.45, 2.75) is 13.5 Å². The molecule has 0 saturated carbocycles. The summed E-state index contributed by atoms with van der Waals surface area (Å²) in [4.78, 5) is 0. The Hall–Kier alpha value is -1.51. The molecule has 0 aliphatic heterocycles. The Labute approximate surface area is 113 Å². The van der Waals surface area contributed by atoms with Gasteiger partial charge < -0.3 is 10.1 Å². The molecule has 0 aliphatic rings. The molecule has 1 N–H and O–H groups in total. The normalized spacial score (nSPS) is 10.4. The fourth-order valence-corrected chi connectivity index (χ4v) is 1.97. The Morgan fingerprint density at radius 1 is 1.17 bits per heavy atom. The predicted molar refractivity (Wildman–Crippen MR) is 75.5 cm³/mol. The number of halogens is 1. The van der Waals surface area contributed by atoms with Gasteiger partial charge >= 0.3 is 0 Å². The second kappa shape index (κ2) is 5.89. The molecule has 0 radical (unpaired) electrons. The van der Waals surface area contributed by atoms with Crippen molar-refractivity contribution in [2.75, 3.05) is 7.05 Å². The molecule has 2 rings (SSSR count). The van der Waals surface area contributed by atoms with Crippen LogP contribution in [0, 0.1) is 6.92 Å². The first-order valence-corrected chi connectivity index (χ1v) is 6.24. The van der Waals surface area contributed by atoms with Gasteiger partial charge in [0.1, 0.15) is 11.5 Å². The highest BCUT2D eigenvalue weighted by Gasteiger charge is 2.05. The summed E-state index contributed by atoms with van der Waals surface area (Å²) in [6.45, 7) is 2.85. The van der Waals surface area contributed by atoms with Crippen LogP contribution in [0.15, 0.2) is 42.5 Å². The Morgan fingerprint density at radius 2 is 2.00 bits per heavy atom. The topological polar surface area (TPSA) is 21.3 Å². The van der Waals surface area contributed by atoms with Crippen LogP contribution in [0.2, 0.25) is 5.02 Å². The van der Waals surface area contributed by atoms with Gasteiger partial charge in [0.05, 0.1) is 0 Å². The van der Waals surface area contributed by atoms with E-state index >= 15 is 0 Å². The smallest absolute Gasteiger partial charge is 0.131 e. The first-order chi connectivity index (χ1) is 8.69. The van der Waals surface area contributed by atoms with E-state index in [0.717, 1.165) is 23.6 Å². The van der Waals surface area contributed by atoms with Crippen molar-refractivity contribution in [3.8, 4) is 11.5 Å². The molecule has 18 heavy (non-hydrogen) atoms. The molecule has 0 saturated heterocycles. The largest absolute Gasteiger partial charge is 0.457 e. The standard InChI is InChI=1S/C15H16ClNO/c1-11-6-7-15(12(8-11)10-17-2)18-14-5-3-4-13(16)9-14/h3-9,17H,10H2,1-2H3. The molecule has 3 heteroatoms. The number of benzene rings is 2. The molecular weight excluding hydrogens is 246 g/mol. The summed E-state index contributed by atoms with van der Waals surface area (Å²) in [5, 5.41) is 3.82. The van der Waals surface area contributed by atoms with Crippen molar-refractivity contribution in [1.29, 1.82) is 0 Å². The molecule has 0 unspecified atom stereocenters. The van der Waals surface area contributed by atoms with Crippen LogP contribution in [-0.2, 0) is 6.54 Å². The summed E-state index contributed by atoms with van der Waals surface area (Å²) in [5.41, 5.74) is 2.36. The van der Waals surface area contributed by atoms with E-state index in [-0.39, 0.29) is 0 Å². The second-order valence-corrected chi connectivity index (χ2v) is 4.64. The molecular formula is C15H16ClNO. The van der Waals surface area contributed by atoms with Gasteiger partial charge in [-0.05, 0) is 38.2 Å². The summed E-state index contributed by atoms with van der Waals surface area (Å²) < 4.78 is 5.87. The van der Waals surface area contributed by atoms with Gasteiger partial charge in [0.15, 0.2) is 0 Å². The van der Waals surface area contributed by atoms with Crippen LogP contribution in [0.25, 0.3) is 0 Å². The lowest BCUT2D eigenvalue weighted by atomic mass is 10.1. The lowest BCUT2D eigenvalue weighted by Gasteiger charge is -2.12. The van der Waals surface area contributed by atoms with Crippen LogP contribution in [0.3, 0.4) is 0 Å². The van der Waals surface area contributed by atoms with Crippen molar-refractivity contribution in [1.82, 2.24) is 5.32 Å². The van der Waals surface area contributed by atoms with Crippen molar-refractivity contribution >= 4 is 11.6 Å². The molecule has 2 aromatic carbocycles. The second-order valence-electron chi connectivity index (χ2n) is 4.20. The molecule has 2 aromatic rings. The average Bonchev–Trinajstić information content (AvgIpc) is 2.33. The number of nitrogens with one attached hydrogen (secondary N) is 1. The number of rotatable bonds is 4. The zero-order chi connectivity index (χ0) is 13.0. The molecule has 2 nitrogen and oxygen atoms in total. The Morgan fingerprint density at radius 3 is 2.72 bits per heavy atom. The van der Waals surface area contributed by atoms with Gasteiger partial charge in [0, 0.05) is 17.1 Å². The maximum atomic E-state index is 5.94. The molecule has 0 atom stereocenters. The highest BCUT2D eigenvalue weighted by atomic mass is 35.5. The lowest BCUT2D eigenvalue weighted by molar-refractivity contribution is 0.474. The van der Waals surface area contributed by atoms with Gasteiger partial charge in [-0.1, -0.05) is 35.4 Å². The number of hydrogen-bond donors (Lipinski definition) is 1. The third-order valence-electron chi connectivity index (χ3n) is 2.61. The summed E-state index contributed by atoms with van der Waals surface area (Å²) in [6, 6.07) is 13.6. The van der Waals surface area contributed by atoms with Crippen LogP contribution in [-0.4, -0.2) is 7.05 Å². The van der Waals surface area contributed by atoms with Crippen LogP contribution in [0.5, 0.6) is 11.5 Å². The zero-order valence-electron chi connectivity index (χ0n) is 10.5. The van der Waals surface area contributed by atoms with Crippen LogP contribution >= 0.6 is 11.6 Å². The monoisotopic (exact) mass is 261 g/mol. The fraction of sp³-hybridized carbons (Fsp3) is 0.200. The van der Waals surface area contributed by atoms with Crippen LogP contribution in [0.1, 0.15) is 11.1 Å².